The van der Waals surface area contributed by atoms with Crippen LogP contribution in [0, 0.1) is 5.92 Å². The van der Waals surface area contributed by atoms with Gasteiger partial charge in [-0.15, -0.1) is 0 Å². The van der Waals surface area contributed by atoms with E-state index in [1.807, 2.05) is 23.1 Å². The van der Waals surface area contributed by atoms with Crippen molar-refractivity contribution in [1.82, 2.24) is 0 Å². The third-order valence-corrected chi connectivity index (χ3v) is 4.51. The molecule has 4 nitrogen and oxygen atoms in total. The van der Waals surface area contributed by atoms with E-state index in [9.17, 15) is 4.79 Å². The minimum absolute atomic E-state index is 0.0243. The Kier molecular flexibility index (Phi) is 6.46. The highest BCUT2D eigenvalue weighted by atomic mass is 16.5. The average molecular weight is 318 g/mol. The van der Waals surface area contributed by atoms with Crippen LogP contribution in [0.1, 0.15) is 64.5 Å². The van der Waals surface area contributed by atoms with E-state index in [0.29, 0.717) is 5.92 Å². The number of carbonyl (C=O) groups is 1. The summed E-state index contributed by atoms with van der Waals surface area (Å²) in [6.07, 6.45) is 5.93. The van der Waals surface area contributed by atoms with Crippen molar-refractivity contribution in [2.75, 3.05) is 18.1 Å². The van der Waals surface area contributed by atoms with Crippen LogP contribution in [-0.2, 0) is 4.79 Å². The van der Waals surface area contributed by atoms with Crippen LogP contribution in [0.2, 0.25) is 0 Å². The Morgan fingerprint density at radius 1 is 1.22 bits per heavy atom. The zero-order valence-corrected chi connectivity index (χ0v) is 14.7. The van der Waals surface area contributed by atoms with Gasteiger partial charge in [-0.25, -0.2) is 0 Å². The van der Waals surface area contributed by atoms with E-state index in [0.717, 1.165) is 30.0 Å². The van der Waals surface area contributed by atoms with E-state index >= 15 is 0 Å². The molecule has 0 fully saturated rings. The van der Waals surface area contributed by atoms with Gasteiger partial charge in [0.1, 0.15) is 5.75 Å². The molecule has 128 valence electrons. The second kappa shape index (κ2) is 8.34. The number of ether oxygens (including phenoxy) is 1. The number of fused-ring (bicyclic) bond motifs is 1. The maximum atomic E-state index is 12.3. The molecule has 1 atom stereocenters. The van der Waals surface area contributed by atoms with Gasteiger partial charge in [0.15, 0.2) is 6.61 Å². The van der Waals surface area contributed by atoms with Gasteiger partial charge in [0.25, 0.3) is 5.91 Å². The fourth-order valence-electron chi connectivity index (χ4n) is 2.93. The van der Waals surface area contributed by atoms with Gasteiger partial charge in [0, 0.05) is 12.6 Å². The van der Waals surface area contributed by atoms with Gasteiger partial charge in [-0.05, 0) is 30.0 Å². The summed E-state index contributed by atoms with van der Waals surface area (Å²) in [5, 5.41) is 0. The molecular formula is C19H30N2O2. The van der Waals surface area contributed by atoms with Crippen molar-refractivity contribution < 1.29 is 9.53 Å². The Hall–Kier alpha value is -1.55. The van der Waals surface area contributed by atoms with Crippen molar-refractivity contribution in [3.8, 4) is 5.75 Å². The van der Waals surface area contributed by atoms with E-state index in [2.05, 4.69) is 20.8 Å². The van der Waals surface area contributed by atoms with E-state index in [1.54, 1.807) is 0 Å². The number of rotatable bonds is 8. The number of nitrogens with zero attached hydrogens (tertiary/aromatic N) is 1. The molecule has 0 aliphatic carbocycles. The number of hydrogen-bond donors (Lipinski definition) is 1. The molecule has 0 bridgehead atoms. The Morgan fingerprint density at radius 3 is 2.65 bits per heavy atom. The molecule has 1 heterocycles. The molecule has 0 radical (unpaired) electrons. The molecule has 0 aromatic heterocycles. The lowest BCUT2D eigenvalue weighted by molar-refractivity contribution is -0.121. The lowest BCUT2D eigenvalue weighted by atomic mass is 9.96. The fraction of sp³-hybridized carbons (Fsp3) is 0.632. The Labute approximate surface area is 140 Å². The summed E-state index contributed by atoms with van der Waals surface area (Å²) in [5.41, 5.74) is 8.20. The Balaban J connectivity index is 2.12. The van der Waals surface area contributed by atoms with Gasteiger partial charge in [0.05, 0.1) is 5.69 Å². The van der Waals surface area contributed by atoms with Crippen molar-refractivity contribution in [3.05, 3.63) is 23.8 Å². The second-order valence-corrected chi connectivity index (χ2v) is 6.75. The predicted octanol–water partition coefficient (Wildman–Crippen LogP) is 4.04. The molecule has 0 saturated heterocycles. The highest BCUT2D eigenvalue weighted by molar-refractivity contribution is 5.97. The number of carbonyl (C=O) groups excluding carboxylic acids is 1. The van der Waals surface area contributed by atoms with E-state index in [-0.39, 0.29) is 18.6 Å². The van der Waals surface area contributed by atoms with Crippen molar-refractivity contribution >= 4 is 11.6 Å². The summed E-state index contributed by atoms with van der Waals surface area (Å²) in [7, 11) is 0. The van der Waals surface area contributed by atoms with Gasteiger partial charge in [-0.1, -0.05) is 52.5 Å². The predicted molar refractivity (Wildman–Crippen MR) is 94.8 cm³/mol. The quantitative estimate of drug-likeness (QED) is 0.736. The van der Waals surface area contributed by atoms with Gasteiger partial charge in [-0.2, -0.15) is 0 Å². The molecule has 1 aliphatic heterocycles. The summed E-state index contributed by atoms with van der Waals surface area (Å²) in [6, 6.07) is 5.97. The van der Waals surface area contributed by atoms with Crippen LogP contribution in [-0.4, -0.2) is 19.1 Å². The molecule has 23 heavy (non-hydrogen) atoms. The summed E-state index contributed by atoms with van der Waals surface area (Å²) < 4.78 is 5.57. The summed E-state index contributed by atoms with van der Waals surface area (Å²) >= 11 is 0. The monoisotopic (exact) mass is 318 g/mol. The largest absolute Gasteiger partial charge is 0.482 e. The van der Waals surface area contributed by atoms with E-state index < -0.39 is 0 Å². The first kappa shape index (κ1) is 17.8. The van der Waals surface area contributed by atoms with Crippen molar-refractivity contribution in [1.29, 1.82) is 0 Å². The first-order valence-electron chi connectivity index (χ1n) is 8.87. The standard InChI is InChI=1S/C19H30N2O2/c1-4-5-6-7-8-11-21-16-12-15(19(20)14(2)3)9-10-17(16)23-13-18(21)22/h9-10,12,14,19H,4-8,11,13,20H2,1-3H3. The Morgan fingerprint density at radius 2 is 1.96 bits per heavy atom. The Bertz CT molecular complexity index is 528. The minimum Gasteiger partial charge on any atom is -0.482 e. The van der Waals surface area contributed by atoms with Crippen LogP contribution in [0.5, 0.6) is 5.75 Å². The highest BCUT2D eigenvalue weighted by Gasteiger charge is 2.26. The van der Waals surface area contributed by atoms with Gasteiger partial charge in [0.2, 0.25) is 0 Å². The van der Waals surface area contributed by atoms with Crippen LogP contribution in [0.4, 0.5) is 5.69 Å². The molecule has 1 amide bonds. The summed E-state index contributed by atoms with van der Waals surface area (Å²) in [4.78, 5) is 14.1. The molecule has 1 unspecified atom stereocenters. The molecule has 0 saturated carbocycles. The molecular weight excluding hydrogens is 288 g/mol. The number of unbranched alkanes of at least 4 members (excludes halogenated alkanes) is 4. The smallest absolute Gasteiger partial charge is 0.265 e. The van der Waals surface area contributed by atoms with Crippen LogP contribution >= 0.6 is 0 Å². The van der Waals surface area contributed by atoms with Gasteiger partial charge >= 0.3 is 0 Å². The van der Waals surface area contributed by atoms with Crippen LogP contribution in [0.3, 0.4) is 0 Å². The topological polar surface area (TPSA) is 55.6 Å². The maximum Gasteiger partial charge on any atom is 0.265 e. The van der Waals surface area contributed by atoms with Crippen LogP contribution in [0.15, 0.2) is 18.2 Å². The normalized spacial score (nSPS) is 15.5. The second-order valence-electron chi connectivity index (χ2n) is 6.75. The molecule has 2 N–H and O–H groups in total. The summed E-state index contributed by atoms with van der Waals surface area (Å²) in [5.74, 6) is 1.19. The molecule has 0 spiro atoms. The van der Waals surface area contributed by atoms with Crippen molar-refractivity contribution in [3.63, 3.8) is 0 Å². The molecule has 4 heteroatoms. The highest BCUT2D eigenvalue weighted by Crippen LogP contribution is 2.35. The number of nitrogens with two attached hydrogens (primary N) is 1. The van der Waals surface area contributed by atoms with E-state index in [1.165, 1.54) is 25.7 Å². The average Bonchev–Trinajstić information content (AvgIpc) is 2.55. The zero-order valence-electron chi connectivity index (χ0n) is 14.7. The van der Waals surface area contributed by atoms with Crippen molar-refractivity contribution in [2.24, 2.45) is 11.7 Å². The lowest BCUT2D eigenvalue weighted by Crippen LogP contribution is -2.39. The number of anilines is 1. The van der Waals surface area contributed by atoms with Gasteiger partial charge < -0.3 is 15.4 Å². The zero-order chi connectivity index (χ0) is 16.8. The van der Waals surface area contributed by atoms with Crippen molar-refractivity contribution in [2.45, 2.75) is 58.9 Å². The van der Waals surface area contributed by atoms with Gasteiger partial charge in [-0.3, -0.25) is 4.79 Å². The molecule has 1 aliphatic rings. The first-order chi connectivity index (χ1) is 11.0. The minimum atomic E-state index is -0.0243. The van der Waals surface area contributed by atoms with E-state index in [4.69, 9.17) is 10.5 Å². The first-order valence-corrected chi connectivity index (χ1v) is 8.87. The maximum absolute atomic E-state index is 12.3. The number of benzene rings is 1. The SMILES string of the molecule is CCCCCCCN1C(=O)COc2ccc(C(N)C(C)C)cc21. The molecule has 1 aromatic rings. The van der Waals surface area contributed by atoms with Crippen LogP contribution < -0.4 is 15.4 Å². The fourth-order valence-corrected chi connectivity index (χ4v) is 2.93. The third-order valence-electron chi connectivity index (χ3n) is 4.51. The molecule has 2 rings (SSSR count). The number of amides is 1. The third kappa shape index (κ3) is 4.47. The molecule has 1 aromatic carbocycles. The van der Waals surface area contributed by atoms with Crippen LogP contribution in [0.25, 0.3) is 0 Å². The summed E-state index contributed by atoms with van der Waals surface area (Å²) in [6.45, 7) is 7.33. The number of hydrogen-bond acceptors (Lipinski definition) is 3. The lowest BCUT2D eigenvalue weighted by Gasteiger charge is -2.30.